The van der Waals surface area contributed by atoms with Crippen molar-refractivity contribution in [3.8, 4) is 0 Å². The monoisotopic (exact) mass is 241 g/mol. The second kappa shape index (κ2) is 8.29. The normalized spacial score (nSPS) is 12.4. The first-order chi connectivity index (χ1) is 7.97. The fourth-order valence-electron chi connectivity index (χ4n) is 1.65. The van der Waals surface area contributed by atoms with Crippen LogP contribution >= 0.6 is 0 Å². The van der Waals surface area contributed by atoms with E-state index in [0.717, 1.165) is 25.9 Å². The van der Waals surface area contributed by atoms with Gasteiger partial charge in [-0.1, -0.05) is 19.9 Å². The molecule has 17 heavy (non-hydrogen) atoms. The summed E-state index contributed by atoms with van der Waals surface area (Å²) in [5, 5.41) is 0. The van der Waals surface area contributed by atoms with Crippen molar-refractivity contribution in [2.45, 2.75) is 53.0 Å². The Bertz CT molecular complexity index is 247. The summed E-state index contributed by atoms with van der Waals surface area (Å²) in [5.41, 5.74) is 0.170. The van der Waals surface area contributed by atoms with Gasteiger partial charge in [-0.25, -0.2) is 4.79 Å². The number of rotatable bonds is 8. The van der Waals surface area contributed by atoms with Gasteiger partial charge in [0, 0.05) is 18.2 Å². The van der Waals surface area contributed by atoms with E-state index < -0.39 is 0 Å². The first-order valence-electron chi connectivity index (χ1n) is 6.52. The van der Waals surface area contributed by atoms with Crippen LogP contribution in [0, 0.1) is 0 Å². The van der Waals surface area contributed by atoms with E-state index in [-0.39, 0.29) is 11.5 Å². The van der Waals surface area contributed by atoms with Gasteiger partial charge in [0.25, 0.3) is 0 Å². The van der Waals surface area contributed by atoms with E-state index in [0.29, 0.717) is 6.61 Å². The molecule has 0 aliphatic carbocycles. The quantitative estimate of drug-likeness (QED) is 0.483. The van der Waals surface area contributed by atoms with E-state index in [9.17, 15) is 4.79 Å². The summed E-state index contributed by atoms with van der Waals surface area (Å²) in [6, 6.07) is 0. The molecule has 0 aromatic carbocycles. The standard InChI is InChI=1S/C14H27NO2/c1-6-9-13(16)17-12-11-15(10-7-2)14(4,5)8-3/h6,9H,7-8,10-12H2,1-5H3/b9-6+. The Labute approximate surface area is 106 Å². The van der Waals surface area contributed by atoms with Crippen LogP contribution in [0.5, 0.6) is 0 Å². The van der Waals surface area contributed by atoms with Crippen LogP contribution < -0.4 is 0 Å². The van der Waals surface area contributed by atoms with Crippen molar-refractivity contribution < 1.29 is 9.53 Å². The van der Waals surface area contributed by atoms with Gasteiger partial charge in [-0.3, -0.25) is 4.90 Å². The zero-order valence-corrected chi connectivity index (χ0v) is 12.0. The van der Waals surface area contributed by atoms with E-state index in [4.69, 9.17) is 4.74 Å². The molecule has 0 atom stereocenters. The number of esters is 1. The smallest absolute Gasteiger partial charge is 0.330 e. The van der Waals surface area contributed by atoms with Gasteiger partial charge in [-0.05, 0) is 40.2 Å². The highest BCUT2D eigenvalue weighted by Gasteiger charge is 2.23. The lowest BCUT2D eigenvalue weighted by Crippen LogP contribution is -2.45. The van der Waals surface area contributed by atoms with Gasteiger partial charge < -0.3 is 4.74 Å². The van der Waals surface area contributed by atoms with E-state index in [1.807, 2.05) is 6.92 Å². The van der Waals surface area contributed by atoms with Crippen molar-refractivity contribution in [2.75, 3.05) is 19.7 Å². The Kier molecular flexibility index (Phi) is 7.88. The first kappa shape index (κ1) is 16.2. The molecule has 0 fully saturated rings. The Morgan fingerprint density at radius 2 is 1.94 bits per heavy atom. The number of carbonyl (C=O) groups excluding carboxylic acids is 1. The minimum atomic E-state index is -0.252. The molecule has 0 spiro atoms. The Hall–Kier alpha value is -0.830. The third kappa shape index (κ3) is 6.47. The number of carbonyl (C=O) groups is 1. The molecule has 3 heteroatoms. The van der Waals surface area contributed by atoms with Crippen LogP contribution in [0.1, 0.15) is 47.5 Å². The second-order valence-corrected chi connectivity index (χ2v) is 4.82. The Morgan fingerprint density at radius 1 is 1.29 bits per heavy atom. The molecule has 0 N–H and O–H groups in total. The van der Waals surface area contributed by atoms with Crippen LogP contribution in [0.2, 0.25) is 0 Å². The molecule has 0 saturated carbocycles. The highest BCUT2D eigenvalue weighted by atomic mass is 16.5. The number of allylic oxidation sites excluding steroid dienone is 1. The summed E-state index contributed by atoms with van der Waals surface area (Å²) < 4.78 is 5.13. The molecule has 0 saturated heterocycles. The molecule has 0 radical (unpaired) electrons. The number of hydrogen-bond acceptors (Lipinski definition) is 3. The van der Waals surface area contributed by atoms with Gasteiger partial charge >= 0.3 is 5.97 Å². The zero-order chi connectivity index (χ0) is 13.3. The van der Waals surface area contributed by atoms with Crippen LogP contribution in [0.3, 0.4) is 0 Å². The van der Waals surface area contributed by atoms with Crippen molar-refractivity contribution in [2.24, 2.45) is 0 Å². The average Bonchev–Trinajstić information content (AvgIpc) is 2.28. The van der Waals surface area contributed by atoms with Crippen molar-refractivity contribution in [1.82, 2.24) is 4.90 Å². The molecule has 100 valence electrons. The molecule has 3 nitrogen and oxygen atoms in total. The summed E-state index contributed by atoms with van der Waals surface area (Å²) in [6.45, 7) is 12.9. The largest absolute Gasteiger partial charge is 0.461 e. The summed E-state index contributed by atoms with van der Waals surface area (Å²) in [4.78, 5) is 13.6. The molecule has 0 aliphatic rings. The fraction of sp³-hybridized carbons (Fsp3) is 0.786. The molecular weight excluding hydrogens is 214 g/mol. The van der Waals surface area contributed by atoms with Gasteiger partial charge in [-0.2, -0.15) is 0 Å². The third-order valence-electron chi connectivity index (χ3n) is 3.12. The molecule has 0 unspecified atom stereocenters. The molecule has 0 rings (SSSR count). The highest BCUT2D eigenvalue weighted by molar-refractivity contribution is 5.81. The minimum absolute atomic E-state index is 0.170. The summed E-state index contributed by atoms with van der Waals surface area (Å²) >= 11 is 0. The topological polar surface area (TPSA) is 29.5 Å². The summed E-state index contributed by atoms with van der Waals surface area (Å²) in [7, 11) is 0. The summed E-state index contributed by atoms with van der Waals surface area (Å²) in [6.07, 6.45) is 5.36. The first-order valence-corrected chi connectivity index (χ1v) is 6.52. The average molecular weight is 241 g/mol. The second-order valence-electron chi connectivity index (χ2n) is 4.82. The number of ether oxygens (including phenoxy) is 1. The third-order valence-corrected chi connectivity index (χ3v) is 3.12. The van der Waals surface area contributed by atoms with Gasteiger partial charge in [-0.15, -0.1) is 0 Å². The van der Waals surface area contributed by atoms with Crippen LogP contribution in [-0.2, 0) is 9.53 Å². The van der Waals surface area contributed by atoms with Gasteiger partial charge in [0.05, 0.1) is 0 Å². The molecule has 0 aromatic heterocycles. The van der Waals surface area contributed by atoms with Gasteiger partial charge in [0.2, 0.25) is 0 Å². The summed E-state index contributed by atoms with van der Waals surface area (Å²) in [5.74, 6) is -0.252. The maximum absolute atomic E-state index is 11.2. The number of hydrogen-bond donors (Lipinski definition) is 0. The number of nitrogens with zero attached hydrogens (tertiary/aromatic N) is 1. The lowest BCUT2D eigenvalue weighted by molar-refractivity contribution is -0.138. The van der Waals surface area contributed by atoms with Crippen LogP contribution in [0.25, 0.3) is 0 Å². The van der Waals surface area contributed by atoms with Crippen molar-refractivity contribution in [1.29, 1.82) is 0 Å². The van der Waals surface area contributed by atoms with Crippen molar-refractivity contribution in [3.05, 3.63) is 12.2 Å². The van der Waals surface area contributed by atoms with Gasteiger partial charge in [0.1, 0.15) is 6.61 Å². The van der Waals surface area contributed by atoms with Crippen LogP contribution in [0.4, 0.5) is 0 Å². The maximum atomic E-state index is 11.2. The van der Waals surface area contributed by atoms with E-state index in [1.54, 1.807) is 6.08 Å². The molecule has 0 amide bonds. The van der Waals surface area contributed by atoms with Gasteiger partial charge in [0.15, 0.2) is 0 Å². The predicted octanol–water partition coefficient (Wildman–Crippen LogP) is 3.01. The maximum Gasteiger partial charge on any atom is 0.330 e. The lowest BCUT2D eigenvalue weighted by Gasteiger charge is -2.37. The van der Waals surface area contributed by atoms with Crippen LogP contribution in [0.15, 0.2) is 12.2 Å². The predicted molar refractivity (Wildman–Crippen MR) is 72.0 cm³/mol. The van der Waals surface area contributed by atoms with Crippen molar-refractivity contribution in [3.63, 3.8) is 0 Å². The minimum Gasteiger partial charge on any atom is -0.461 e. The van der Waals surface area contributed by atoms with Crippen LogP contribution in [-0.4, -0.2) is 36.1 Å². The van der Waals surface area contributed by atoms with Crippen molar-refractivity contribution >= 4 is 5.97 Å². The van der Waals surface area contributed by atoms with E-state index >= 15 is 0 Å². The Morgan fingerprint density at radius 3 is 2.41 bits per heavy atom. The SMILES string of the molecule is C/C=C/C(=O)OCCN(CCC)C(C)(C)CC. The molecule has 0 aliphatic heterocycles. The molecule has 0 bridgehead atoms. The lowest BCUT2D eigenvalue weighted by atomic mass is 9.99. The Balaban J connectivity index is 4.14. The molecule has 0 aromatic rings. The van der Waals surface area contributed by atoms with E-state index in [1.165, 1.54) is 6.08 Å². The zero-order valence-electron chi connectivity index (χ0n) is 12.0. The molecular formula is C14H27NO2. The van der Waals surface area contributed by atoms with E-state index in [2.05, 4.69) is 32.6 Å². The highest BCUT2D eigenvalue weighted by Crippen LogP contribution is 2.18. The molecule has 0 heterocycles. The fourth-order valence-corrected chi connectivity index (χ4v) is 1.65.